The molecule has 0 rings (SSSR count). The van der Waals surface area contributed by atoms with E-state index in [1.54, 1.807) is 0 Å². The summed E-state index contributed by atoms with van der Waals surface area (Å²) >= 11 is 0. The standard InChI is InChI=1S/C13H24O/c1-6-7-8-9-10-13(14,11(2)3)12(4)5/h11-12,14H,6-8H2,1-5H3. The van der Waals surface area contributed by atoms with Gasteiger partial charge in [-0.05, 0) is 18.3 Å². The summed E-state index contributed by atoms with van der Waals surface area (Å²) in [6.07, 6.45) is 3.19. The molecule has 0 aromatic rings. The fourth-order valence-electron chi connectivity index (χ4n) is 1.42. The van der Waals surface area contributed by atoms with Crippen LogP contribution >= 0.6 is 0 Å². The third-order valence-electron chi connectivity index (χ3n) is 2.70. The highest BCUT2D eigenvalue weighted by molar-refractivity contribution is 5.16. The van der Waals surface area contributed by atoms with Crippen LogP contribution in [0.5, 0.6) is 0 Å². The highest BCUT2D eigenvalue weighted by Crippen LogP contribution is 2.25. The topological polar surface area (TPSA) is 20.2 Å². The maximum atomic E-state index is 10.3. The molecule has 0 saturated heterocycles. The molecule has 0 radical (unpaired) electrons. The second kappa shape index (κ2) is 6.09. The van der Waals surface area contributed by atoms with Crippen LogP contribution in [-0.2, 0) is 0 Å². The van der Waals surface area contributed by atoms with Crippen molar-refractivity contribution in [3.63, 3.8) is 0 Å². The first-order valence-electron chi connectivity index (χ1n) is 5.67. The fraction of sp³-hybridized carbons (Fsp3) is 0.846. The fourth-order valence-corrected chi connectivity index (χ4v) is 1.42. The molecule has 0 aromatic carbocycles. The first-order chi connectivity index (χ1) is 6.45. The summed E-state index contributed by atoms with van der Waals surface area (Å²) in [6.45, 7) is 10.2. The molecule has 14 heavy (non-hydrogen) atoms. The number of rotatable bonds is 4. The first-order valence-corrected chi connectivity index (χ1v) is 5.67. The largest absolute Gasteiger partial charge is 0.377 e. The molecule has 1 heteroatoms. The van der Waals surface area contributed by atoms with E-state index in [1.807, 2.05) is 27.7 Å². The average Bonchev–Trinajstić information content (AvgIpc) is 2.11. The minimum Gasteiger partial charge on any atom is -0.377 e. The van der Waals surface area contributed by atoms with E-state index >= 15 is 0 Å². The zero-order chi connectivity index (χ0) is 11.2. The summed E-state index contributed by atoms with van der Waals surface area (Å²) in [4.78, 5) is 0. The van der Waals surface area contributed by atoms with Gasteiger partial charge in [0.2, 0.25) is 0 Å². The summed E-state index contributed by atoms with van der Waals surface area (Å²) in [6, 6.07) is 0. The highest BCUT2D eigenvalue weighted by atomic mass is 16.3. The Hall–Kier alpha value is -0.480. The van der Waals surface area contributed by atoms with Crippen molar-refractivity contribution < 1.29 is 5.11 Å². The normalized spacial score (nSPS) is 11.7. The molecule has 0 saturated carbocycles. The molecular weight excluding hydrogens is 172 g/mol. The minimum absolute atomic E-state index is 0.191. The smallest absolute Gasteiger partial charge is 0.130 e. The van der Waals surface area contributed by atoms with Gasteiger partial charge in [0.1, 0.15) is 5.60 Å². The van der Waals surface area contributed by atoms with Crippen LogP contribution in [0.1, 0.15) is 53.9 Å². The van der Waals surface area contributed by atoms with Crippen molar-refractivity contribution in [3.05, 3.63) is 0 Å². The van der Waals surface area contributed by atoms with Crippen LogP contribution in [-0.4, -0.2) is 10.7 Å². The number of hydrogen-bond acceptors (Lipinski definition) is 1. The highest BCUT2D eigenvalue weighted by Gasteiger charge is 2.32. The van der Waals surface area contributed by atoms with Crippen molar-refractivity contribution in [1.29, 1.82) is 0 Å². The molecule has 0 aliphatic rings. The molecule has 0 aromatic heterocycles. The predicted octanol–water partition coefficient (Wildman–Crippen LogP) is 3.22. The quantitative estimate of drug-likeness (QED) is 0.540. The molecule has 0 bridgehead atoms. The van der Waals surface area contributed by atoms with Crippen LogP contribution in [0.3, 0.4) is 0 Å². The van der Waals surface area contributed by atoms with Crippen LogP contribution in [0.25, 0.3) is 0 Å². The van der Waals surface area contributed by atoms with Crippen molar-refractivity contribution in [2.24, 2.45) is 11.8 Å². The molecule has 82 valence electrons. The molecule has 0 atom stereocenters. The Morgan fingerprint density at radius 2 is 1.64 bits per heavy atom. The summed E-state index contributed by atoms with van der Waals surface area (Å²) in [5.41, 5.74) is -0.812. The Balaban J connectivity index is 4.42. The van der Waals surface area contributed by atoms with Crippen molar-refractivity contribution in [1.82, 2.24) is 0 Å². The summed E-state index contributed by atoms with van der Waals surface area (Å²) < 4.78 is 0. The molecule has 0 unspecified atom stereocenters. The lowest BCUT2D eigenvalue weighted by Gasteiger charge is -2.30. The van der Waals surface area contributed by atoms with E-state index in [9.17, 15) is 5.11 Å². The van der Waals surface area contributed by atoms with E-state index in [0.29, 0.717) is 0 Å². The SMILES string of the molecule is CCCCC#CC(O)(C(C)C)C(C)C. The van der Waals surface area contributed by atoms with Gasteiger partial charge in [-0.1, -0.05) is 47.0 Å². The maximum Gasteiger partial charge on any atom is 0.130 e. The van der Waals surface area contributed by atoms with Crippen molar-refractivity contribution in [2.75, 3.05) is 0 Å². The molecule has 0 aliphatic carbocycles. The molecule has 1 N–H and O–H groups in total. The van der Waals surface area contributed by atoms with Crippen molar-refractivity contribution in [2.45, 2.75) is 59.5 Å². The molecule has 1 nitrogen and oxygen atoms in total. The van der Waals surface area contributed by atoms with Gasteiger partial charge in [-0.3, -0.25) is 0 Å². The van der Waals surface area contributed by atoms with Crippen LogP contribution in [0.15, 0.2) is 0 Å². The second-order valence-corrected chi connectivity index (χ2v) is 4.54. The van der Waals surface area contributed by atoms with E-state index in [2.05, 4.69) is 18.8 Å². The Bertz CT molecular complexity index is 197. The van der Waals surface area contributed by atoms with Crippen molar-refractivity contribution >= 4 is 0 Å². The van der Waals surface area contributed by atoms with Crippen molar-refractivity contribution in [3.8, 4) is 11.8 Å². The van der Waals surface area contributed by atoms with Gasteiger partial charge >= 0.3 is 0 Å². The monoisotopic (exact) mass is 196 g/mol. The van der Waals surface area contributed by atoms with E-state index in [4.69, 9.17) is 0 Å². The Morgan fingerprint density at radius 1 is 1.14 bits per heavy atom. The summed E-state index contributed by atoms with van der Waals surface area (Å²) in [5.74, 6) is 6.51. The van der Waals surface area contributed by atoms with Crippen LogP contribution in [0.4, 0.5) is 0 Å². The zero-order valence-corrected chi connectivity index (χ0v) is 10.2. The van der Waals surface area contributed by atoms with E-state index in [-0.39, 0.29) is 11.8 Å². The van der Waals surface area contributed by atoms with Gasteiger partial charge in [-0.25, -0.2) is 0 Å². The molecule has 0 amide bonds. The lowest BCUT2D eigenvalue weighted by atomic mass is 9.81. The Labute approximate surface area is 88.9 Å². The van der Waals surface area contributed by atoms with Gasteiger partial charge in [0.05, 0.1) is 0 Å². The lowest BCUT2D eigenvalue weighted by Crippen LogP contribution is -2.39. The molecule has 0 heterocycles. The van der Waals surface area contributed by atoms with E-state index in [0.717, 1.165) is 19.3 Å². The molecule has 0 spiro atoms. The average molecular weight is 196 g/mol. The summed E-state index contributed by atoms with van der Waals surface area (Å²) in [5, 5.41) is 10.3. The van der Waals surface area contributed by atoms with Gasteiger partial charge in [0.15, 0.2) is 0 Å². The number of aliphatic hydroxyl groups is 1. The maximum absolute atomic E-state index is 10.3. The van der Waals surface area contributed by atoms with Gasteiger partial charge in [-0.15, -0.1) is 5.92 Å². The molecular formula is C13H24O. The first kappa shape index (κ1) is 13.5. The minimum atomic E-state index is -0.812. The van der Waals surface area contributed by atoms with Crippen LogP contribution in [0, 0.1) is 23.7 Å². The van der Waals surface area contributed by atoms with Gasteiger partial charge < -0.3 is 5.11 Å². The van der Waals surface area contributed by atoms with Gasteiger partial charge in [-0.2, -0.15) is 0 Å². The second-order valence-electron chi connectivity index (χ2n) is 4.54. The molecule has 0 aliphatic heterocycles. The van der Waals surface area contributed by atoms with E-state index < -0.39 is 5.60 Å². The number of hydrogen-bond donors (Lipinski definition) is 1. The van der Waals surface area contributed by atoms with Gasteiger partial charge in [0.25, 0.3) is 0 Å². The number of unbranched alkanes of at least 4 members (excludes halogenated alkanes) is 2. The third kappa shape index (κ3) is 3.72. The Morgan fingerprint density at radius 3 is 2.00 bits per heavy atom. The predicted molar refractivity (Wildman–Crippen MR) is 61.9 cm³/mol. The molecule has 0 fully saturated rings. The van der Waals surface area contributed by atoms with Crippen LogP contribution in [0.2, 0.25) is 0 Å². The summed E-state index contributed by atoms with van der Waals surface area (Å²) in [7, 11) is 0. The zero-order valence-electron chi connectivity index (χ0n) is 10.2. The Kier molecular flexibility index (Phi) is 5.88. The van der Waals surface area contributed by atoms with Crippen LogP contribution < -0.4 is 0 Å². The third-order valence-corrected chi connectivity index (χ3v) is 2.70. The lowest BCUT2D eigenvalue weighted by molar-refractivity contribution is 0.00922. The van der Waals surface area contributed by atoms with Gasteiger partial charge in [0, 0.05) is 6.42 Å². The van der Waals surface area contributed by atoms with E-state index in [1.165, 1.54) is 0 Å².